The van der Waals surface area contributed by atoms with Gasteiger partial charge in [0.1, 0.15) is 0 Å². The Morgan fingerprint density at radius 2 is 1.62 bits per heavy atom. The summed E-state index contributed by atoms with van der Waals surface area (Å²) in [6.07, 6.45) is 1.32. The maximum absolute atomic E-state index is 9.10. The van der Waals surface area contributed by atoms with Crippen molar-refractivity contribution in [3.8, 4) is 0 Å². The topological polar surface area (TPSA) is 98.1 Å². The normalized spacial score (nSPS) is 15.2. The van der Waals surface area contributed by atoms with Gasteiger partial charge in [-0.1, -0.05) is 0 Å². The summed E-state index contributed by atoms with van der Waals surface area (Å²) < 4.78 is 0. The molecule has 0 aromatic carbocycles. The predicted molar refractivity (Wildman–Crippen MR) is 43.4 cm³/mol. The van der Waals surface area contributed by atoms with Crippen molar-refractivity contribution < 1.29 is 24.9 Å². The van der Waals surface area contributed by atoms with Crippen LogP contribution in [-0.2, 0) is 9.59 Å². The number of likely N-dealkylation sites (tertiary alicyclic amines) is 1. The molecule has 0 aromatic heterocycles. The Bertz CT molecular complexity index is 166. The summed E-state index contributed by atoms with van der Waals surface area (Å²) in [4.78, 5) is 20.4. The monoisotopic (exact) mass is 191 g/mol. The van der Waals surface area contributed by atoms with Crippen molar-refractivity contribution in [1.29, 1.82) is 0 Å². The first kappa shape index (κ1) is 11.9. The molecule has 1 fully saturated rings. The third-order valence-electron chi connectivity index (χ3n) is 1.55. The molecule has 1 aliphatic rings. The van der Waals surface area contributed by atoms with Gasteiger partial charge in [0.05, 0.1) is 6.61 Å². The van der Waals surface area contributed by atoms with Gasteiger partial charge in [-0.15, -0.1) is 0 Å². The second-order valence-corrected chi connectivity index (χ2v) is 2.53. The fraction of sp³-hybridized carbons (Fsp3) is 0.714. The Labute approximate surface area is 75.4 Å². The third kappa shape index (κ3) is 6.06. The van der Waals surface area contributed by atoms with Gasteiger partial charge in [0.15, 0.2) is 0 Å². The average molecular weight is 191 g/mol. The van der Waals surface area contributed by atoms with Gasteiger partial charge < -0.3 is 20.2 Å². The molecule has 1 rings (SSSR count). The summed E-state index contributed by atoms with van der Waals surface area (Å²) in [6.45, 7) is 3.58. The van der Waals surface area contributed by atoms with E-state index in [2.05, 4.69) is 4.90 Å². The molecule has 0 saturated carbocycles. The molecule has 13 heavy (non-hydrogen) atoms. The minimum absolute atomic E-state index is 0.319. The van der Waals surface area contributed by atoms with E-state index in [1.165, 1.54) is 19.5 Å². The van der Waals surface area contributed by atoms with Crippen LogP contribution in [0.5, 0.6) is 0 Å². The average Bonchev–Trinajstić information content (AvgIpc) is 1.98. The Balaban J connectivity index is 0.000000226. The quantitative estimate of drug-likeness (QED) is 0.476. The van der Waals surface area contributed by atoms with Gasteiger partial charge in [0, 0.05) is 6.54 Å². The van der Waals surface area contributed by atoms with Crippen LogP contribution < -0.4 is 0 Å². The lowest BCUT2D eigenvalue weighted by molar-refractivity contribution is -0.159. The molecule has 0 unspecified atom stereocenters. The van der Waals surface area contributed by atoms with Crippen LogP contribution in [-0.4, -0.2) is 58.4 Å². The zero-order valence-corrected chi connectivity index (χ0v) is 7.14. The van der Waals surface area contributed by atoms with Crippen molar-refractivity contribution in [2.24, 2.45) is 0 Å². The van der Waals surface area contributed by atoms with E-state index in [1.54, 1.807) is 0 Å². The lowest BCUT2D eigenvalue weighted by atomic mass is 10.2. The molecule has 6 nitrogen and oxygen atoms in total. The van der Waals surface area contributed by atoms with Crippen LogP contribution in [0.1, 0.15) is 6.42 Å². The Hall–Kier alpha value is -1.14. The number of aliphatic hydroxyl groups excluding tert-OH is 1. The van der Waals surface area contributed by atoms with E-state index < -0.39 is 11.9 Å². The number of aliphatic carboxylic acids is 2. The predicted octanol–water partition coefficient (Wildman–Crippen LogP) is -1.16. The summed E-state index contributed by atoms with van der Waals surface area (Å²) in [5.41, 5.74) is 0. The lowest BCUT2D eigenvalue weighted by Crippen LogP contribution is -2.38. The number of hydrogen-bond acceptors (Lipinski definition) is 4. The highest BCUT2D eigenvalue weighted by Gasteiger charge is 2.10. The Morgan fingerprint density at radius 1 is 1.15 bits per heavy atom. The second-order valence-electron chi connectivity index (χ2n) is 2.53. The lowest BCUT2D eigenvalue weighted by Gasteiger charge is -2.29. The summed E-state index contributed by atoms with van der Waals surface area (Å²) in [5.74, 6) is -3.65. The van der Waals surface area contributed by atoms with E-state index >= 15 is 0 Å². The molecule has 1 heterocycles. The Morgan fingerprint density at radius 3 is 1.69 bits per heavy atom. The molecular weight excluding hydrogens is 178 g/mol. The van der Waals surface area contributed by atoms with Crippen LogP contribution in [0.3, 0.4) is 0 Å². The zero-order chi connectivity index (χ0) is 10.3. The van der Waals surface area contributed by atoms with Gasteiger partial charge in [-0.05, 0) is 19.5 Å². The smallest absolute Gasteiger partial charge is 0.414 e. The number of carboxylic acid groups (broad SMARTS) is 2. The van der Waals surface area contributed by atoms with Crippen molar-refractivity contribution in [3.05, 3.63) is 0 Å². The van der Waals surface area contributed by atoms with E-state index in [0.29, 0.717) is 6.61 Å². The third-order valence-corrected chi connectivity index (χ3v) is 1.55. The van der Waals surface area contributed by atoms with E-state index in [0.717, 1.165) is 6.54 Å². The minimum atomic E-state index is -1.82. The van der Waals surface area contributed by atoms with Crippen LogP contribution in [0.4, 0.5) is 0 Å². The number of hydrogen-bond donors (Lipinski definition) is 3. The van der Waals surface area contributed by atoms with Crippen LogP contribution in [0, 0.1) is 0 Å². The standard InChI is InChI=1S/C5H11NO.C2H2O4/c7-5-4-6-2-1-3-6;3-1(4)2(5)6/h7H,1-5H2;(H,3,4)(H,5,6). The fourth-order valence-electron chi connectivity index (χ4n) is 0.747. The number of carbonyl (C=O) groups is 2. The first-order valence-electron chi connectivity index (χ1n) is 3.87. The molecule has 0 spiro atoms. The fourth-order valence-corrected chi connectivity index (χ4v) is 0.747. The van der Waals surface area contributed by atoms with Crippen LogP contribution >= 0.6 is 0 Å². The Kier molecular flexibility index (Phi) is 5.82. The summed E-state index contributed by atoms with van der Waals surface area (Å²) in [7, 11) is 0. The van der Waals surface area contributed by atoms with Gasteiger partial charge in [-0.25, -0.2) is 9.59 Å². The van der Waals surface area contributed by atoms with E-state index in [1.807, 2.05) is 0 Å². The number of aliphatic hydroxyl groups is 1. The van der Waals surface area contributed by atoms with Crippen LogP contribution in [0.25, 0.3) is 0 Å². The van der Waals surface area contributed by atoms with Crippen molar-refractivity contribution in [1.82, 2.24) is 4.90 Å². The minimum Gasteiger partial charge on any atom is -0.473 e. The molecule has 0 amide bonds. The molecular formula is C7H13NO5. The summed E-state index contributed by atoms with van der Waals surface area (Å²) >= 11 is 0. The van der Waals surface area contributed by atoms with Gasteiger partial charge >= 0.3 is 11.9 Å². The molecule has 0 aliphatic carbocycles. The molecule has 6 heteroatoms. The molecule has 0 aromatic rings. The van der Waals surface area contributed by atoms with Crippen molar-refractivity contribution >= 4 is 11.9 Å². The molecule has 3 N–H and O–H groups in total. The van der Waals surface area contributed by atoms with Crippen LogP contribution in [0.15, 0.2) is 0 Å². The van der Waals surface area contributed by atoms with E-state index in [9.17, 15) is 0 Å². The molecule has 0 atom stereocenters. The number of β-amino-alcohol motifs (C(OH)–C–C–N with tert-alkyl or cyclic N) is 1. The van der Waals surface area contributed by atoms with Crippen molar-refractivity contribution in [2.75, 3.05) is 26.2 Å². The van der Waals surface area contributed by atoms with Gasteiger partial charge in [0.25, 0.3) is 0 Å². The van der Waals surface area contributed by atoms with E-state index in [4.69, 9.17) is 24.9 Å². The zero-order valence-electron chi connectivity index (χ0n) is 7.14. The molecule has 1 saturated heterocycles. The van der Waals surface area contributed by atoms with Gasteiger partial charge in [0.2, 0.25) is 0 Å². The maximum Gasteiger partial charge on any atom is 0.414 e. The second kappa shape index (κ2) is 6.38. The van der Waals surface area contributed by atoms with Gasteiger partial charge in [-0.2, -0.15) is 0 Å². The van der Waals surface area contributed by atoms with Crippen molar-refractivity contribution in [2.45, 2.75) is 6.42 Å². The molecule has 0 radical (unpaired) electrons. The first-order chi connectivity index (χ1) is 6.07. The highest BCUT2D eigenvalue weighted by molar-refractivity contribution is 6.27. The number of rotatable bonds is 2. The SMILES string of the molecule is O=C(O)C(=O)O.OCCN1CCC1. The number of carboxylic acids is 2. The highest BCUT2D eigenvalue weighted by Crippen LogP contribution is 2.02. The van der Waals surface area contributed by atoms with E-state index in [-0.39, 0.29) is 0 Å². The van der Waals surface area contributed by atoms with Gasteiger partial charge in [-0.3, -0.25) is 0 Å². The summed E-state index contributed by atoms with van der Waals surface area (Å²) in [5, 5.41) is 23.1. The van der Waals surface area contributed by atoms with Crippen LogP contribution in [0.2, 0.25) is 0 Å². The maximum atomic E-state index is 9.10. The summed E-state index contributed by atoms with van der Waals surface area (Å²) in [6, 6.07) is 0. The highest BCUT2D eigenvalue weighted by atomic mass is 16.4. The van der Waals surface area contributed by atoms with Crippen molar-refractivity contribution in [3.63, 3.8) is 0 Å². The largest absolute Gasteiger partial charge is 0.473 e. The molecule has 76 valence electrons. The number of nitrogens with zero attached hydrogens (tertiary/aromatic N) is 1. The molecule has 0 bridgehead atoms. The first-order valence-corrected chi connectivity index (χ1v) is 3.87. The molecule has 1 aliphatic heterocycles.